The minimum Gasteiger partial charge on any atom is -0.494 e. The van der Waals surface area contributed by atoms with Gasteiger partial charge in [0.2, 0.25) is 0 Å². The van der Waals surface area contributed by atoms with Crippen molar-refractivity contribution >= 4 is 27.6 Å². The van der Waals surface area contributed by atoms with E-state index in [1.54, 1.807) is 18.4 Å². The van der Waals surface area contributed by atoms with E-state index < -0.39 is 0 Å². The van der Waals surface area contributed by atoms with Crippen molar-refractivity contribution in [1.82, 2.24) is 4.98 Å². The van der Waals surface area contributed by atoms with E-state index >= 15 is 0 Å². The summed E-state index contributed by atoms with van der Waals surface area (Å²) in [6, 6.07) is 22.8. The van der Waals surface area contributed by atoms with Crippen LogP contribution in [0.1, 0.15) is 49.7 Å². The minimum atomic E-state index is -0.0999. The van der Waals surface area contributed by atoms with Gasteiger partial charge in [0.25, 0.3) is 0 Å². The highest BCUT2D eigenvalue weighted by atomic mass is 32.1. The molecular formula is C33H35NO3S. The molecule has 1 heterocycles. The zero-order valence-corrected chi connectivity index (χ0v) is 23.1. The number of benzene rings is 3. The smallest absolute Gasteiger partial charge is 0.146 e. The molecule has 2 aliphatic carbocycles. The maximum Gasteiger partial charge on any atom is 0.146 e. The molecule has 0 saturated heterocycles. The van der Waals surface area contributed by atoms with Crippen LogP contribution in [0.4, 0.5) is 0 Å². The third-order valence-electron chi connectivity index (χ3n) is 8.01. The Morgan fingerprint density at radius 3 is 2.63 bits per heavy atom. The Bertz CT molecular complexity index is 1430. The second-order valence-corrected chi connectivity index (χ2v) is 11.3. The van der Waals surface area contributed by atoms with E-state index in [-0.39, 0.29) is 13.0 Å². The van der Waals surface area contributed by atoms with Crippen LogP contribution in [0.3, 0.4) is 0 Å². The van der Waals surface area contributed by atoms with E-state index in [9.17, 15) is 0 Å². The lowest BCUT2D eigenvalue weighted by molar-refractivity contribution is -0.0405. The van der Waals surface area contributed by atoms with Crippen molar-refractivity contribution < 1.29 is 14.2 Å². The number of aromatic nitrogens is 1. The van der Waals surface area contributed by atoms with Crippen LogP contribution in [0.25, 0.3) is 26.9 Å². The average Bonchev–Trinajstić information content (AvgIpc) is 3.38. The highest BCUT2D eigenvalue weighted by molar-refractivity contribution is 7.21. The van der Waals surface area contributed by atoms with Crippen molar-refractivity contribution in [2.24, 2.45) is 5.92 Å². The van der Waals surface area contributed by atoms with Gasteiger partial charge in [-0.25, -0.2) is 4.98 Å². The molecule has 2 radical (unpaired) electrons. The third-order valence-corrected chi connectivity index (χ3v) is 9.04. The largest absolute Gasteiger partial charge is 0.494 e. The summed E-state index contributed by atoms with van der Waals surface area (Å²) >= 11 is 1.68. The summed E-state index contributed by atoms with van der Waals surface area (Å²) in [5.74, 6) is 2.44. The molecule has 2 aliphatic rings. The molecule has 0 spiro atoms. The lowest BCUT2D eigenvalue weighted by Gasteiger charge is -2.46. The Morgan fingerprint density at radius 1 is 1.00 bits per heavy atom. The Morgan fingerprint density at radius 2 is 1.82 bits per heavy atom. The molecule has 4 aromatic rings. The van der Waals surface area contributed by atoms with Crippen molar-refractivity contribution in [2.45, 2.75) is 50.7 Å². The summed E-state index contributed by atoms with van der Waals surface area (Å²) in [6.07, 6.45) is 9.60. The average molecular weight is 526 g/mol. The molecule has 1 aromatic heterocycles. The fraction of sp³-hybridized carbons (Fsp3) is 0.333. The van der Waals surface area contributed by atoms with Gasteiger partial charge in [-0.15, -0.1) is 11.3 Å². The molecule has 0 N–H and O–H groups in total. The highest BCUT2D eigenvalue weighted by Gasteiger charge is 2.42. The van der Waals surface area contributed by atoms with Crippen molar-refractivity contribution in [2.75, 3.05) is 14.2 Å². The molecule has 5 heteroatoms. The summed E-state index contributed by atoms with van der Waals surface area (Å²) in [6.45, 7) is 0.520. The summed E-state index contributed by atoms with van der Waals surface area (Å²) in [7, 11) is 3.61. The maximum absolute atomic E-state index is 6.23. The first-order valence-electron chi connectivity index (χ1n) is 13.2. The van der Waals surface area contributed by atoms with Crippen LogP contribution in [-0.2, 0) is 11.3 Å². The van der Waals surface area contributed by atoms with Gasteiger partial charge in [-0.05, 0) is 79.0 Å². The molecule has 2 atom stereocenters. The normalized spacial score (nSPS) is 21.7. The predicted molar refractivity (Wildman–Crippen MR) is 157 cm³/mol. The van der Waals surface area contributed by atoms with E-state index in [0.717, 1.165) is 68.6 Å². The predicted octanol–water partition coefficient (Wildman–Crippen LogP) is 8.63. The summed E-state index contributed by atoms with van der Waals surface area (Å²) in [4.78, 5) is 5.01. The van der Waals surface area contributed by atoms with E-state index in [1.165, 1.54) is 24.8 Å². The molecule has 2 saturated carbocycles. The van der Waals surface area contributed by atoms with Gasteiger partial charge in [0.15, 0.2) is 0 Å². The van der Waals surface area contributed by atoms with Gasteiger partial charge in [-0.1, -0.05) is 62.4 Å². The number of thiazole rings is 1. The van der Waals surface area contributed by atoms with Gasteiger partial charge in [-0.2, -0.15) is 0 Å². The molecule has 6 rings (SSSR count). The van der Waals surface area contributed by atoms with Gasteiger partial charge in [0, 0.05) is 7.11 Å². The standard InChI is InChI=1S/C32H33NO3S.CH2/c1-34-28-18-24(17-25-15-14-22-11-8-16-32(25,20-22)35-2)19-29-30(28)33-31(37-29)26-12-6-7-13-27(26)36-21-23-9-4-3-5-10-23;/h3-7,9-10,12-13,17-19,22H,8,11,14-16,20-21H2,1-2H3;1H2. The monoisotopic (exact) mass is 525 g/mol. The number of nitrogens with zero attached hydrogens (tertiary/aromatic N) is 1. The van der Waals surface area contributed by atoms with Crippen molar-refractivity contribution in [1.29, 1.82) is 0 Å². The van der Waals surface area contributed by atoms with E-state index in [0.29, 0.717) is 6.61 Å². The second-order valence-electron chi connectivity index (χ2n) is 10.2. The highest BCUT2D eigenvalue weighted by Crippen LogP contribution is 2.49. The fourth-order valence-electron chi connectivity index (χ4n) is 6.07. The van der Waals surface area contributed by atoms with Crippen molar-refractivity contribution in [3.8, 4) is 22.1 Å². The van der Waals surface area contributed by atoms with Crippen LogP contribution in [0.5, 0.6) is 11.5 Å². The van der Waals surface area contributed by atoms with Crippen LogP contribution < -0.4 is 9.47 Å². The number of ether oxygens (including phenoxy) is 3. The second kappa shape index (κ2) is 11.3. The molecule has 2 unspecified atom stereocenters. The van der Waals surface area contributed by atoms with E-state index in [2.05, 4.69) is 36.4 Å². The lowest BCUT2D eigenvalue weighted by Crippen LogP contribution is -2.42. The SMILES string of the molecule is COc1cc(C=C2CCC3CCCC2(OC)C3)cc2sc(-c3ccccc3OCc3ccccc3)nc12.[CH2]. The number of hydrogen-bond acceptors (Lipinski definition) is 5. The van der Waals surface area contributed by atoms with Crippen LogP contribution in [0.2, 0.25) is 0 Å². The van der Waals surface area contributed by atoms with Gasteiger partial charge in [0.05, 0.1) is 23.0 Å². The summed E-state index contributed by atoms with van der Waals surface area (Å²) < 4.78 is 19.4. The summed E-state index contributed by atoms with van der Waals surface area (Å²) in [5.41, 5.74) is 5.52. The zero-order chi connectivity index (χ0) is 25.2. The molecule has 38 heavy (non-hydrogen) atoms. The molecule has 2 bridgehead atoms. The van der Waals surface area contributed by atoms with Crippen LogP contribution in [-0.4, -0.2) is 24.8 Å². The minimum absolute atomic E-state index is 0. The number of methoxy groups -OCH3 is 2. The van der Waals surface area contributed by atoms with Crippen molar-refractivity contribution in [3.05, 3.63) is 90.9 Å². The summed E-state index contributed by atoms with van der Waals surface area (Å²) in [5, 5.41) is 0.933. The number of para-hydroxylation sites is 1. The molecular weight excluding hydrogens is 490 g/mol. The lowest BCUT2D eigenvalue weighted by atomic mass is 9.66. The Balaban J connectivity index is 0.00000294. The topological polar surface area (TPSA) is 40.6 Å². The number of fused-ring (bicyclic) bond motifs is 3. The first kappa shape index (κ1) is 26.5. The van der Waals surface area contributed by atoms with Crippen LogP contribution in [0, 0.1) is 13.3 Å². The molecule has 0 amide bonds. The zero-order valence-electron chi connectivity index (χ0n) is 22.2. The first-order chi connectivity index (χ1) is 18.2. The van der Waals surface area contributed by atoms with E-state index in [1.807, 2.05) is 43.5 Å². The van der Waals surface area contributed by atoms with Gasteiger partial charge in [0.1, 0.15) is 28.6 Å². The molecule has 2 fully saturated rings. The molecule has 4 nitrogen and oxygen atoms in total. The van der Waals surface area contributed by atoms with Gasteiger partial charge < -0.3 is 14.2 Å². The Labute approximate surface area is 230 Å². The van der Waals surface area contributed by atoms with Crippen LogP contribution >= 0.6 is 11.3 Å². The first-order valence-corrected chi connectivity index (χ1v) is 14.0. The molecule has 196 valence electrons. The maximum atomic E-state index is 6.23. The molecule has 0 aliphatic heterocycles. The third kappa shape index (κ3) is 5.10. The fourth-order valence-corrected chi connectivity index (χ4v) is 7.13. The Hall–Kier alpha value is -3.15. The Kier molecular flexibility index (Phi) is 7.87. The number of hydrogen-bond donors (Lipinski definition) is 0. The van der Waals surface area contributed by atoms with Crippen molar-refractivity contribution in [3.63, 3.8) is 0 Å². The van der Waals surface area contributed by atoms with E-state index in [4.69, 9.17) is 19.2 Å². The van der Waals surface area contributed by atoms with Gasteiger partial charge in [-0.3, -0.25) is 0 Å². The van der Waals surface area contributed by atoms with Gasteiger partial charge >= 0.3 is 0 Å². The number of rotatable bonds is 7. The quantitative estimate of drug-likeness (QED) is 0.242. The molecule has 3 aromatic carbocycles. The van der Waals surface area contributed by atoms with Crippen LogP contribution in [0.15, 0.2) is 72.3 Å².